The van der Waals surface area contributed by atoms with Crippen molar-refractivity contribution in [2.75, 3.05) is 11.5 Å². The minimum Gasteiger partial charge on any atom is -0.458 e. The zero-order valence-electron chi connectivity index (χ0n) is 18.6. The molecule has 1 aliphatic rings. The Balaban J connectivity index is 1.90. The lowest BCUT2D eigenvalue weighted by Gasteiger charge is -2.42. The number of nitrogens with zero attached hydrogens (tertiary/aromatic N) is 1. The summed E-state index contributed by atoms with van der Waals surface area (Å²) in [5.41, 5.74) is 3.60. The second-order valence-electron chi connectivity index (χ2n) is 9.24. The lowest BCUT2D eigenvalue weighted by atomic mass is 9.63. The molecule has 2 amide bonds. The predicted molar refractivity (Wildman–Crippen MR) is 122 cm³/mol. The highest BCUT2D eigenvalue weighted by Gasteiger charge is 2.37. The van der Waals surface area contributed by atoms with Gasteiger partial charge in [-0.3, -0.25) is 9.59 Å². The molecule has 0 saturated heterocycles. The van der Waals surface area contributed by atoms with Crippen LogP contribution in [0.25, 0.3) is 0 Å². The van der Waals surface area contributed by atoms with Crippen LogP contribution in [-0.2, 0) is 20.4 Å². The first kappa shape index (κ1) is 22.5. The maximum absolute atomic E-state index is 13.2. The van der Waals surface area contributed by atoms with Crippen molar-refractivity contribution in [1.29, 1.82) is 0 Å². The quantitative estimate of drug-likeness (QED) is 0.368. The lowest BCUT2D eigenvalue weighted by molar-refractivity contribution is -0.106. The summed E-state index contributed by atoms with van der Waals surface area (Å²) in [6.45, 7) is 12.5. The summed E-state index contributed by atoms with van der Waals surface area (Å²) in [6, 6.07) is 11.9. The molecule has 0 radical (unpaired) electrons. The van der Waals surface area contributed by atoms with Crippen LogP contribution in [0.5, 0.6) is 0 Å². The van der Waals surface area contributed by atoms with Crippen LogP contribution in [0.3, 0.4) is 0 Å². The van der Waals surface area contributed by atoms with E-state index in [4.69, 9.17) is 4.74 Å². The van der Waals surface area contributed by atoms with E-state index in [0.717, 1.165) is 23.3 Å². The molecule has 0 spiro atoms. The number of hydrogen-bond donors (Lipinski definition) is 0. The number of fused-ring (bicyclic) bond motifs is 1. The number of rotatable bonds is 6. The zero-order valence-corrected chi connectivity index (χ0v) is 18.6. The number of anilines is 1. The van der Waals surface area contributed by atoms with Crippen molar-refractivity contribution < 1.29 is 19.1 Å². The molecule has 0 saturated carbocycles. The van der Waals surface area contributed by atoms with Gasteiger partial charge in [-0.05, 0) is 71.2 Å². The topological polar surface area (TPSA) is 63.7 Å². The van der Waals surface area contributed by atoms with Gasteiger partial charge >= 0.3 is 5.97 Å². The Kier molecular flexibility index (Phi) is 6.16. The standard InChI is InChI=1S/C26H29NO4/c1-6-15-31-24(30)18-7-10-20(11-8-18)27(17-28)23(29)19-9-12-21-22(16-19)26(4,5)14-13-25(21,2)3/h6-12,16-17H,1,13-15H2,2-5H3. The highest BCUT2D eigenvalue weighted by Crippen LogP contribution is 2.46. The fourth-order valence-electron chi connectivity index (χ4n) is 4.06. The van der Waals surface area contributed by atoms with Crippen LogP contribution < -0.4 is 4.90 Å². The molecule has 0 fully saturated rings. The molecule has 0 unspecified atom stereocenters. The first-order chi connectivity index (χ1) is 14.6. The van der Waals surface area contributed by atoms with Crippen molar-refractivity contribution in [2.45, 2.75) is 51.4 Å². The third-order valence-corrected chi connectivity index (χ3v) is 6.14. The van der Waals surface area contributed by atoms with Crippen molar-refractivity contribution in [3.05, 3.63) is 77.4 Å². The predicted octanol–water partition coefficient (Wildman–Crippen LogP) is 5.18. The van der Waals surface area contributed by atoms with Gasteiger partial charge in [0.25, 0.3) is 5.91 Å². The Hall–Kier alpha value is -3.21. The van der Waals surface area contributed by atoms with Gasteiger partial charge in [-0.2, -0.15) is 0 Å². The minimum absolute atomic E-state index is 0.0411. The van der Waals surface area contributed by atoms with Crippen LogP contribution in [0.2, 0.25) is 0 Å². The molecule has 1 aliphatic carbocycles. The number of carbonyl (C=O) groups excluding carboxylic acids is 3. The van der Waals surface area contributed by atoms with Gasteiger partial charge in [0, 0.05) is 5.56 Å². The number of benzene rings is 2. The molecule has 5 heteroatoms. The molecular formula is C26H29NO4. The lowest BCUT2D eigenvalue weighted by Crippen LogP contribution is -2.35. The van der Waals surface area contributed by atoms with E-state index in [-0.39, 0.29) is 17.4 Å². The molecule has 0 N–H and O–H groups in total. The molecule has 2 aromatic carbocycles. The summed E-state index contributed by atoms with van der Waals surface area (Å²) < 4.78 is 5.00. The summed E-state index contributed by atoms with van der Waals surface area (Å²) in [5.74, 6) is -0.895. The Bertz CT molecular complexity index is 1020. The average molecular weight is 420 g/mol. The summed E-state index contributed by atoms with van der Waals surface area (Å²) in [6.07, 6.45) is 4.11. The van der Waals surface area contributed by atoms with E-state index in [1.807, 2.05) is 12.1 Å². The van der Waals surface area contributed by atoms with E-state index in [9.17, 15) is 14.4 Å². The van der Waals surface area contributed by atoms with Crippen LogP contribution in [0.1, 0.15) is 72.4 Å². The Labute approximate surface area is 183 Å². The van der Waals surface area contributed by atoms with Crippen LogP contribution in [-0.4, -0.2) is 24.9 Å². The average Bonchev–Trinajstić information content (AvgIpc) is 2.76. The molecule has 3 rings (SSSR count). The number of imide groups is 1. The second kappa shape index (κ2) is 8.50. The first-order valence-corrected chi connectivity index (χ1v) is 10.4. The third kappa shape index (κ3) is 4.46. The van der Waals surface area contributed by atoms with E-state index in [1.54, 1.807) is 18.2 Å². The smallest absolute Gasteiger partial charge is 0.338 e. The molecule has 0 atom stereocenters. The molecule has 31 heavy (non-hydrogen) atoms. The fraction of sp³-hybridized carbons (Fsp3) is 0.346. The molecule has 5 nitrogen and oxygen atoms in total. The van der Waals surface area contributed by atoms with E-state index in [0.29, 0.717) is 23.2 Å². The van der Waals surface area contributed by atoms with Crippen molar-refractivity contribution in [1.82, 2.24) is 0 Å². The molecule has 0 aliphatic heterocycles. The molecule has 0 bridgehead atoms. The monoisotopic (exact) mass is 419 g/mol. The maximum atomic E-state index is 13.2. The number of carbonyl (C=O) groups is 3. The van der Waals surface area contributed by atoms with Crippen LogP contribution in [0.15, 0.2) is 55.1 Å². The van der Waals surface area contributed by atoms with Crippen molar-refractivity contribution in [3.63, 3.8) is 0 Å². The second-order valence-corrected chi connectivity index (χ2v) is 9.24. The largest absolute Gasteiger partial charge is 0.458 e. The Morgan fingerprint density at radius 2 is 1.55 bits per heavy atom. The van der Waals surface area contributed by atoms with Gasteiger partial charge in [-0.15, -0.1) is 0 Å². The minimum atomic E-state index is -0.491. The fourth-order valence-corrected chi connectivity index (χ4v) is 4.06. The summed E-state index contributed by atoms with van der Waals surface area (Å²) in [7, 11) is 0. The summed E-state index contributed by atoms with van der Waals surface area (Å²) in [4.78, 5) is 38.0. The van der Waals surface area contributed by atoms with E-state index in [2.05, 4.69) is 34.3 Å². The van der Waals surface area contributed by atoms with Crippen molar-refractivity contribution in [2.24, 2.45) is 0 Å². The maximum Gasteiger partial charge on any atom is 0.338 e. The van der Waals surface area contributed by atoms with Crippen LogP contribution in [0.4, 0.5) is 5.69 Å². The van der Waals surface area contributed by atoms with Gasteiger partial charge in [0.15, 0.2) is 0 Å². The molecule has 2 aromatic rings. The summed E-state index contributed by atoms with van der Waals surface area (Å²) >= 11 is 0. The van der Waals surface area contributed by atoms with Crippen molar-refractivity contribution >= 4 is 24.0 Å². The number of ether oxygens (including phenoxy) is 1. The van der Waals surface area contributed by atoms with Gasteiger partial charge in [0.05, 0.1) is 11.3 Å². The van der Waals surface area contributed by atoms with Gasteiger partial charge in [0.2, 0.25) is 6.41 Å². The number of amides is 2. The van der Waals surface area contributed by atoms with Gasteiger partial charge in [-0.1, -0.05) is 46.4 Å². The van der Waals surface area contributed by atoms with Gasteiger partial charge in [-0.25, -0.2) is 9.69 Å². The Morgan fingerprint density at radius 1 is 0.968 bits per heavy atom. The molecular weight excluding hydrogens is 390 g/mol. The number of hydrogen-bond acceptors (Lipinski definition) is 4. The van der Waals surface area contributed by atoms with Gasteiger partial charge < -0.3 is 4.74 Å². The normalized spacial score (nSPS) is 16.0. The van der Waals surface area contributed by atoms with Crippen LogP contribution >= 0.6 is 0 Å². The van der Waals surface area contributed by atoms with E-state index in [1.165, 1.54) is 23.8 Å². The Morgan fingerprint density at radius 3 is 2.13 bits per heavy atom. The third-order valence-electron chi connectivity index (χ3n) is 6.14. The van der Waals surface area contributed by atoms with E-state index < -0.39 is 11.9 Å². The van der Waals surface area contributed by atoms with Crippen molar-refractivity contribution in [3.8, 4) is 0 Å². The molecule has 162 valence electrons. The van der Waals surface area contributed by atoms with Crippen LogP contribution in [0, 0.1) is 0 Å². The first-order valence-electron chi connectivity index (χ1n) is 10.4. The zero-order chi connectivity index (χ0) is 22.8. The highest BCUT2D eigenvalue weighted by molar-refractivity contribution is 6.15. The SMILES string of the molecule is C=CCOC(=O)c1ccc(N(C=O)C(=O)c2ccc3c(c2)C(C)(C)CCC3(C)C)cc1. The highest BCUT2D eigenvalue weighted by atomic mass is 16.5. The summed E-state index contributed by atoms with van der Waals surface area (Å²) in [5, 5.41) is 0. The van der Waals surface area contributed by atoms with Gasteiger partial charge in [0.1, 0.15) is 6.61 Å². The number of esters is 1. The molecule has 0 aromatic heterocycles. The molecule has 0 heterocycles. The van der Waals surface area contributed by atoms with E-state index >= 15 is 0 Å².